The molecule has 2 N–H and O–H groups in total. The van der Waals surface area contributed by atoms with E-state index in [9.17, 15) is 9.90 Å². The summed E-state index contributed by atoms with van der Waals surface area (Å²) >= 11 is 1.36. The Balaban J connectivity index is 1.51. The lowest BCUT2D eigenvalue weighted by Gasteiger charge is -2.06. The van der Waals surface area contributed by atoms with Gasteiger partial charge in [0.15, 0.2) is 5.01 Å². The van der Waals surface area contributed by atoms with E-state index in [0.29, 0.717) is 21.3 Å². The number of anilines is 2. The molecule has 0 unspecified atom stereocenters. The van der Waals surface area contributed by atoms with Crippen molar-refractivity contribution < 1.29 is 14.3 Å². The summed E-state index contributed by atoms with van der Waals surface area (Å²) in [6, 6.07) is 15.4. The fraction of sp³-hybridized carbons (Fsp3) is 0.0556. The van der Waals surface area contributed by atoms with Crippen molar-refractivity contribution in [3.8, 4) is 11.5 Å². The molecule has 0 bridgehead atoms. The summed E-state index contributed by atoms with van der Waals surface area (Å²) in [4.78, 5) is 11.7. The zero-order valence-corrected chi connectivity index (χ0v) is 14.2. The largest absolute Gasteiger partial charge is 0.508 e. The Kier molecular flexibility index (Phi) is 4.24. The number of phenolic OH excluding ortho intramolecular Hbond substituents is 1. The Hall–Kier alpha value is -3.39. The minimum atomic E-state index is -0.554. The predicted molar refractivity (Wildman–Crippen MR) is 98.1 cm³/mol. The van der Waals surface area contributed by atoms with Gasteiger partial charge in [-0.05, 0) is 24.3 Å². The molecule has 0 aliphatic heterocycles. The molecule has 26 heavy (non-hydrogen) atoms. The van der Waals surface area contributed by atoms with Gasteiger partial charge in [-0.15, -0.1) is 10.2 Å². The van der Waals surface area contributed by atoms with Crippen molar-refractivity contribution in [2.24, 2.45) is 0 Å². The molecule has 0 fully saturated rings. The Bertz CT molecular complexity index is 1110. The van der Waals surface area contributed by atoms with Gasteiger partial charge >= 0.3 is 5.63 Å². The molecule has 0 aliphatic carbocycles. The molecule has 0 saturated carbocycles. The summed E-state index contributed by atoms with van der Waals surface area (Å²) in [7, 11) is 0. The number of nitrogens with one attached hydrogen (secondary N) is 1. The van der Waals surface area contributed by atoms with Gasteiger partial charge in [0.05, 0.1) is 11.5 Å². The Morgan fingerprint density at radius 3 is 2.81 bits per heavy atom. The molecule has 2 aromatic carbocycles. The van der Waals surface area contributed by atoms with E-state index in [1.165, 1.54) is 29.5 Å². The van der Waals surface area contributed by atoms with Crippen molar-refractivity contribution in [1.29, 1.82) is 0 Å². The maximum atomic E-state index is 11.7. The Labute approximate surface area is 151 Å². The lowest BCUT2D eigenvalue weighted by molar-refractivity contribution is 0.305. The molecule has 4 aromatic rings. The van der Waals surface area contributed by atoms with Gasteiger partial charge in [-0.25, -0.2) is 4.79 Å². The summed E-state index contributed by atoms with van der Waals surface area (Å²) in [5.41, 5.74) is 0.626. The maximum Gasteiger partial charge on any atom is 0.339 e. The number of benzene rings is 2. The predicted octanol–water partition coefficient (Wildman–Crippen LogP) is 3.67. The van der Waals surface area contributed by atoms with E-state index in [-0.39, 0.29) is 17.9 Å². The highest BCUT2D eigenvalue weighted by Crippen LogP contribution is 2.28. The molecule has 0 amide bonds. The van der Waals surface area contributed by atoms with E-state index in [2.05, 4.69) is 15.5 Å². The van der Waals surface area contributed by atoms with Crippen LogP contribution in [0.15, 0.2) is 63.8 Å². The monoisotopic (exact) mass is 367 g/mol. The lowest BCUT2D eigenvalue weighted by atomic mass is 10.2. The summed E-state index contributed by atoms with van der Waals surface area (Å²) in [6.07, 6.45) is 0. The highest BCUT2D eigenvalue weighted by atomic mass is 32.1. The molecule has 130 valence electrons. The van der Waals surface area contributed by atoms with Gasteiger partial charge in [-0.1, -0.05) is 29.5 Å². The number of rotatable bonds is 5. The van der Waals surface area contributed by atoms with Crippen molar-refractivity contribution in [2.75, 3.05) is 5.32 Å². The van der Waals surface area contributed by atoms with E-state index in [1.54, 1.807) is 6.07 Å². The second kappa shape index (κ2) is 6.85. The van der Waals surface area contributed by atoms with Crippen LogP contribution in [0.3, 0.4) is 0 Å². The molecule has 0 radical (unpaired) electrons. The van der Waals surface area contributed by atoms with Crippen LogP contribution in [-0.2, 0) is 6.61 Å². The first-order chi connectivity index (χ1) is 12.7. The number of phenols is 1. The van der Waals surface area contributed by atoms with Crippen LogP contribution in [0.4, 0.5) is 10.8 Å². The average molecular weight is 367 g/mol. The minimum Gasteiger partial charge on any atom is -0.508 e. The number of aromatic hydroxyl groups is 1. The van der Waals surface area contributed by atoms with Crippen LogP contribution in [0, 0.1) is 0 Å². The zero-order chi connectivity index (χ0) is 17.9. The van der Waals surface area contributed by atoms with Gasteiger partial charge in [-0.3, -0.25) is 0 Å². The first kappa shape index (κ1) is 16.1. The summed E-state index contributed by atoms with van der Waals surface area (Å²) in [5.74, 6) is 0.377. The first-order valence-electron chi connectivity index (χ1n) is 7.71. The normalized spacial score (nSPS) is 10.8. The summed E-state index contributed by atoms with van der Waals surface area (Å²) in [6.45, 7) is 0.160. The number of hydrogen-bond acceptors (Lipinski definition) is 8. The van der Waals surface area contributed by atoms with Crippen LogP contribution in [0.25, 0.3) is 11.0 Å². The van der Waals surface area contributed by atoms with Gasteiger partial charge in [-0.2, -0.15) is 0 Å². The standard InChI is InChI=1S/C18H13N3O4S/c22-12-6-7-13-14(9-17(23)25-15(13)8-12)24-10-16-20-21-18(26-16)19-11-4-2-1-3-5-11/h1-9,22H,10H2,(H,19,21). The van der Waals surface area contributed by atoms with Crippen molar-refractivity contribution in [2.45, 2.75) is 6.61 Å². The third-order valence-corrected chi connectivity index (χ3v) is 4.35. The maximum absolute atomic E-state index is 11.7. The van der Waals surface area contributed by atoms with Crippen LogP contribution >= 0.6 is 11.3 Å². The molecule has 0 saturated heterocycles. The number of ether oxygens (including phenoxy) is 1. The molecular formula is C18H13N3O4S. The fourth-order valence-corrected chi connectivity index (χ4v) is 3.06. The van der Waals surface area contributed by atoms with Crippen LogP contribution < -0.4 is 15.7 Å². The molecule has 4 rings (SSSR count). The van der Waals surface area contributed by atoms with Crippen LogP contribution in [0.1, 0.15) is 5.01 Å². The van der Waals surface area contributed by atoms with Gasteiger partial charge in [0.25, 0.3) is 0 Å². The second-order valence-corrected chi connectivity index (χ2v) is 6.45. The molecular weight excluding hydrogens is 354 g/mol. The average Bonchev–Trinajstić information content (AvgIpc) is 3.07. The van der Waals surface area contributed by atoms with Crippen LogP contribution in [0.2, 0.25) is 0 Å². The second-order valence-electron chi connectivity index (χ2n) is 5.39. The molecule has 7 nitrogen and oxygen atoms in total. The zero-order valence-electron chi connectivity index (χ0n) is 13.4. The Morgan fingerprint density at radius 2 is 1.96 bits per heavy atom. The fourth-order valence-electron chi connectivity index (χ4n) is 2.39. The SMILES string of the molecule is O=c1cc(OCc2nnc(Nc3ccccc3)s2)c2ccc(O)cc2o1. The van der Waals surface area contributed by atoms with Gasteiger partial charge in [0.2, 0.25) is 5.13 Å². The van der Waals surface area contributed by atoms with Gasteiger partial charge < -0.3 is 19.6 Å². The van der Waals surface area contributed by atoms with E-state index in [0.717, 1.165) is 5.69 Å². The molecule has 8 heteroatoms. The van der Waals surface area contributed by atoms with Crippen molar-refractivity contribution in [3.63, 3.8) is 0 Å². The number of fused-ring (bicyclic) bond motifs is 1. The highest BCUT2D eigenvalue weighted by Gasteiger charge is 2.10. The lowest BCUT2D eigenvalue weighted by Crippen LogP contribution is -2.02. The third kappa shape index (κ3) is 3.50. The number of nitrogens with zero attached hydrogens (tertiary/aromatic N) is 2. The van der Waals surface area contributed by atoms with E-state index >= 15 is 0 Å². The molecule has 0 spiro atoms. The molecule has 2 aromatic heterocycles. The van der Waals surface area contributed by atoms with E-state index in [4.69, 9.17) is 9.15 Å². The van der Waals surface area contributed by atoms with E-state index < -0.39 is 5.63 Å². The van der Waals surface area contributed by atoms with Gasteiger partial charge in [0, 0.05) is 11.8 Å². The van der Waals surface area contributed by atoms with Crippen LogP contribution in [0.5, 0.6) is 11.5 Å². The minimum absolute atomic E-state index is 0.0125. The number of aromatic nitrogens is 2. The highest BCUT2D eigenvalue weighted by molar-refractivity contribution is 7.15. The van der Waals surface area contributed by atoms with Crippen molar-refractivity contribution >= 4 is 33.1 Å². The molecule has 0 atom stereocenters. The molecule has 2 heterocycles. The summed E-state index contributed by atoms with van der Waals surface area (Å²) < 4.78 is 10.8. The van der Waals surface area contributed by atoms with Crippen molar-refractivity contribution in [1.82, 2.24) is 10.2 Å². The first-order valence-corrected chi connectivity index (χ1v) is 8.53. The van der Waals surface area contributed by atoms with Crippen LogP contribution in [-0.4, -0.2) is 15.3 Å². The number of hydrogen-bond donors (Lipinski definition) is 2. The quantitative estimate of drug-likeness (QED) is 0.519. The van der Waals surface area contributed by atoms with Crippen molar-refractivity contribution in [3.05, 3.63) is 70.0 Å². The van der Waals surface area contributed by atoms with Gasteiger partial charge in [0.1, 0.15) is 23.7 Å². The number of para-hydroxylation sites is 1. The Morgan fingerprint density at radius 1 is 1.12 bits per heavy atom. The topological polar surface area (TPSA) is 97.5 Å². The molecule has 0 aliphatic rings. The third-order valence-electron chi connectivity index (χ3n) is 3.53. The van der Waals surface area contributed by atoms with E-state index in [1.807, 2.05) is 30.3 Å². The smallest absolute Gasteiger partial charge is 0.339 e. The summed E-state index contributed by atoms with van der Waals surface area (Å²) in [5, 5.41) is 22.7.